The summed E-state index contributed by atoms with van der Waals surface area (Å²) in [6.07, 6.45) is 4.84. The van der Waals surface area contributed by atoms with Gasteiger partial charge in [0.15, 0.2) is 6.10 Å². The third-order valence-electron chi connectivity index (χ3n) is 5.24. The van der Waals surface area contributed by atoms with Crippen LogP contribution >= 0.6 is 11.3 Å². The van der Waals surface area contributed by atoms with Crippen molar-refractivity contribution in [1.82, 2.24) is 4.98 Å². The Kier molecular flexibility index (Phi) is 4.87. The van der Waals surface area contributed by atoms with Crippen molar-refractivity contribution in [2.24, 2.45) is 0 Å². The molecule has 4 rings (SSSR count). The van der Waals surface area contributed by atoms with Crippen molar-refractivity contribution in [2.45, 2.75) is 52.1 Å². The van der Waals surface area contributed by atoms with Crippen molar-refractivity contribution in [3.63, 3.8) is 0 Å². The summed E-state index contributed by atoms with van der Waals surface area (Å²) in [4.78, 5) is 30.7. The lowest BCUT2D eigenvalue weighted by atomic mass is 10.0. The van der Waals surface area contributed by atoms with Crippen LogP contribution in [0.5, 0.6) is 0 Å². The normalized spacial score (nSPS) is 15.2. The monoisotopic (exact) mass is 381 g/mol. The van der Waals surface area contributed by atoms with Gasteiger partial charge in [-0.05, 0) is 57.2 Å². The molecule has 1 aliphatic rings. The number of ether oxygens (including phenoxy) is 1. The second-order valence-electron chi connectivity index (χ2n) is 7.20. The molecule has 0 fully saturated rings. The molecule has 2 heterocycles. The maximum atomic E-state index is 13.0. The molecule has 0 spiro atoms. The zero-order valence-corrected chi connectivity index (χ0v) is 16.4. The van der Waals surface area contributed by atoms with Crippen LogP contribution < -0.4 is 0 Å². The van der Waals surface area contributed by atoms with Crippen molar-refractivity contribution < 1.29 is 14.3 Å². The largest absolute Gasteiger partial charge is 0.450 e. The van der Waals surface area contributed by atoms with E-state index in [1.165, 1.54) is 41.0 Å². The molecule has 0 amide bonds. The minimum atomic E-state index is -0.822. The Bertz CT molecular complexity index is 990. The number of para-hydroxylation sites is 1. The van der Waals surface area contributed by atoms with Crippen molar-refractivity contribution in [2.75, 3.05) is 0 Å². The maximum Gasteiger partial charge on any atom is 0.349 e. The second-order valence-corrected chi connectivity index (χ2v) is 8.34. The Balaban J connectivity index is 1.53. The van der Waals surface area contributed by atoms with E-state index in [0.717, 1.165) is 29.4 Å². The summed E-state index contributed by atoms with van der Waals surface area (Å²) in [7, 11) is 0. The highest BCUT2D eigenvalue weighted by atomic mass is 32.1. The molecule has 1 atom stereocenters. The van der Waals surface area contributed by atoms with E-state index in [-0.39, 0.29) is 5.78 Å². The first kappa shape index (κ1) is 18.0. The smallest absolute Gasteiger partial charge is 0.349 e. The number of thiophene rings is 1. The van der Waals surface area contributed by atoms with Crippen LogP contribution in [0, 0.1) is 6.92 Å². The van der Waals surface area contributed by atoms with Gasteiger partial charge in [-0.25, -0.2) is 4.79 Å². The molecule has 0 radical (unpaired) electrons. The maximum absolute atomic E-state index is 13.0. The van der Waals surface area contributed by atoms with Crippen LogP contribution in [0.4, 0.5) is 0 Å². The standard InChI is InChI=1S/C22H23NO3S/c1-13-20(16-9-6-7-10-17(16)23-13)21(24)14(2)26-22(25)19-12-15-8-4-3-5-11-18(15)27-19/h6-7,9-10,12,14,23H,3-5,8,11H2,1-2H3/t14-/m0/s1. The van der Waals surface area contributed by atoms with E-state index >= 15 is 0 Å². The minimum Gasteiger partial charge on any atom is -0.450 e. The van der Waals surface area contributed by atoms with Crippen LogP contribution in [-0.2, 0) is 17.6 Å². The summed E-state index contributed by atoms with van der Waals surface area (Å²) in [5, 5.41) is 0.866. The molecule has 4 nitrogen and oxygen atoms in total. The van der Waals surface area contributed by atoms with Gasteiger partial charge in [-0.3, -0.25) is 4.79 Å². The number of ketones is 1. The number of Topliss-reactive ketones (excluding diaryl/α,β-unsaturated/α-hetero) is 1. The number of hydrogen-bond acceptors (Lipinski definition) is 4. The SMILES string of the molecule is Cc1[nH]c2ccccc2c1C(=O)[C@H](C)OC(=O)c1cc2c(s1)CCCCC2. The first-order valence-corrected chi connectivity index (χ1v) is 10.3. The van der Waals surface area contributed by atoms with Crippen molar-refractivity contribution in [3.8, 4) is 0 Å². The van der Waals surface area contributed by atoms with Crippen LogP contribution in [0.25, 0.3) is 10.9 Å². The predicted octanol–water partition coefficient (Wildman–Crippen LogP) is 5.23. The average molecular weight is 381 g/mol. The number of fused-ring (bicyclic) bond motifs is 2. The zero-order valence-electron chi connectivity index (χ0n) is 15.6. The van der Waals surface area contributed by atoms with Crippen molar-refractivity contribution >= 4 is 34.0 Å². The summed E-state index contributed by atoms with van der Waals surface area (Å²) < 4.78 is 5.54. The van der Waals surface area contributed by atoms with Crippen LogP contribution in [0.3, 0.4) is 0 Å². The summed E-state index contributed by atoms with van der Waals surface area (Å²) in [5.41, 5.74) is 3.59. The Hall–Kier alpha value is -2.40. The Labute approximate surface area is 162 Å². The number of rotatable bonds is 4. The Morgan fingerprint density at radius 1 is 1.15 bits per heavy atom. The first-order chi connectivity index (χ1) is 13.0. The van der Waals surface area contributed by atoms with E-state index < -0.39 is 12.1 Å². The number of aromatic nitrogens is 1. The number of nitrogens with one attached hydrogen (secondary N) is 1. The van der Waals surface area contributed by atoms with Gasteiger partial charge in [-0.2, -0.15) is 0 Å². The van der Waals surface area contributed by atoms with Gasteiger partial charge in [-0.15, -0.1) is 11.3 Å². The molecule has 0 saturated heterocycles. The molecule has 27 heavy (non-hydrogen) atoms. The van der Waals surface area contributed by atoms with Gasteiger partial charge < -0.3 is 9.72 Å². The molecule has 5 heteroatoms. The Morgan fingerprint density at radius 3 is 2.78 bits per heavy atom. The summed E-state index contributed by atoms with van der Waals surface area (Å²) in [6.45, 7) is 3.53. The summed E-state index contributed by atoms with van der Waals surface area (Å²) >= 11 is 1.52. The van der Waals surface area contributed by atoms with E-state index in [1.54, 1.807) is 6.92 Å². The molecule has 2 aromatic heterocycles. The molecule has 0 bridgehead atoms. The van der Waals surface area contributed by atoms with Crippen LogP contribution in [0.2, 0.25) is 0 Å². The molecule has 140 valence electrons. The summed E-state index contributed by atoms with van der Waals surface area (Å²) in [5.74, 6) is -0.567. The van der Waals surface area contributed by atoms with Gasteiger partial charge in [0, 0.05) is 27.0 Å². The molecule has 0 saturated carbocycles. The van der Waals surface area contributed by atoms with E-state index in [4.69, 9.17) is 4.74 Å². The lowest BCUT2D eigenvalue weighted by Gasteiger charge is -2.12. The average Bonchev–Trinajstić information content (AvgIpc) is 3.13. The molecular formula is C22H23NO3S. The molecule has 1 aromatic carbocycles. The topological polar surface area (TPSA) is 59.2 Å². The summed E-state index contributed by atoms with van der Waals surface area (Å²) in [6, 6.07) is 9.64. The first-order valence-electron chi connectivity index (χ1n) is 9.48. The number of H-pyrrole nitrogens is 1. The van der Waals surface area contributed by atoms with Crippen LogP contribution in [-0.4, -0.2) is 22.8 Å². The molecule has 3 aromatic rings. The van der Waals surface area contributed by atoms with E-state index in [2.05, 4.69) is 4.98 Å². The minimum absolute atomic E-state index is 0.170. The highest BCUT2D eigenvalue weighted by Gasteiger charge is 2.26. The van der Waals surface area contributed by atoms with Crippen LogP contribution in [0.15, 0.2) is 30.3 Å². The second kappa shape index (κ2) is 7.31. The number of benzene rings is 1. The van der Waals surface area contributed by atoms with Gasteiger partial charge in [0.1, 0.15) is 4.88 Å². The highest BCUT2D eigenvalue weighted by Crippen LogP contribution is 2.30. The lowest BCUT2D eigenvalue weighted by Crippen LogP contribution is -2.24. The third-order valence-corrected chi connectivity index (χ3v) is 6.46. The fourth-order valence-corrected chi connectivity index (χ4v) is 4.97. The molecule has 0 unspecified atom stereocenters. The predicted molar refractivity (Wildman–Crippen MR) is 108 cm³/mol. The van der Waals surface area contributed by atoms with Crippen molar-refractivity contribution in [3.05, 3.63) is 56.9 Å². The molecular weight excluding hydrogens is 358 g/mol. The number of carbonyl (C=O) groups is 2. The third kappa shape index (κ3) is 3.44. The van der Waals surface area contributed by atoms with Gasteiger partial charge >= 0.3 is 5.97 Å². The quantitative estimate of drug-likeness (QED) is 0.382. The number of aromatic amines is 1. The molecule has 0 aliphatic heterocycles. The van der Waals surface area contributed by atoms with E-state index in [9.17, 15) is 9.59 Å². The van der Waals surface area contributed by atoms with Gasteiger partial charge in [0.2, 0.25) is 5.78 Å². The highest BCUT2D eigenvalue weighted by molar-refractivity contribution is 7.14. The van der Waals surface area contributed by atoms with E-state index in [1.807, 2.05) is 37.3 Å². The number of esters is 1. The van der Waals surface area contributed by atoms with Gasteiger partial charge in [0.25, 0.3) is 0 Å². The lowest BCUT2D eigenvalue weighted by molar-refractivity contribution is 0.0324. The Morgan fingerprint density at radius 2 is 1.93 bits per heavy atom. The van der Waals surface area contributed by atoms with E-state index in [0.29, 0.717) is 10.4 Å². The number of aryl methyl sites for hydroxylation is 3. The van der Waals surface area contributed by atoms with Crippen LogP contribution in [0.1, 0.15) is 62.4 Å². The fraction of sp³-hybridized carbons (Fsp3) is 0.364. The number of hydrogen-bond donors (Lipinski definition) is 1. The number of carbonyl (C=O) groups excluding carboxylic acids is 2. The molecule has 1 N–H and O–H groups in total. The van der Waals surface area contributed by atoms with Gasteiger partial charge in [-0.1, -0.05) is 24.6 Å². The zero-order chi connectivity index (χ0) is 19.0. The molecule has 1 aliphatic carbocycles. The fourth-order valence-electron chi connectivity index (χ4n) is 3.84. The van der Waals surface area contributed by atoms with Gasteiger partial charge in [0.05, 0.1) is 0 Å². The van der Waals surface area contributed by atoms with Crippen molar-refractivity contribution in [1.29, 1.82) is 0 Å².